The smallest absolute Gasteiger partial charge is 0.369 e. The maximum absolute atomic E-state index is 12.8. The fraction of sp³-hybridized carbons (Fsp3) is 0.562. The Labute approximate surface area is 133 Å². The second-order valence-corrected chi connectivity index (χ2v) is 6.02. The number of piperazine rings is 1. The molecule has 3 rings (SSSR count). The Bertz CT molecular complexity index is 602. The lowest BCUT2D eigenvalue weighted by Crippen LogP contribution is -2.49. The lowest BCUT2D eigenvalue weighted by molar-refractivity contribution is -0.137. The summed E-state index contributed by atoms with van der Waals surface area (Å²) in [7, 11) is 0. The number of anilines is 1. The van der Waals surface area contributed by atoms with Crippen LogP contribution < -0.4 is 10.2 Å². The van der Waals surface area contributed by atoms with Crippen LogP contribution in [0.2, 0.25) is 0 Å². The zero-order chi connectivity index (χ0) is 16.4. The largest absolute Gasteiger partial charge is 0.416 e. The predicted octanol–water partition coefficient (Wildman–Crippen LogP) is 2.06. The first-order valence-electron chi connectivity index (χ1n) is 7.80. The van der Waals surface area contributed by atoms with Crippen LogP contribution in [0.5, 0.6) is 0 Å². The van der Waals surface area contributed by atoms with Gasteiger partial charge in [0.05, 0.1) is 16.8 Å². The van der Waals surface area contributed by atoms with Gasteiger partial charge in [-0.2, -0.15) is 18.4 Å². The maximum Gasteiger partial charge on any atom is 0.416 e. The van der Waals surface area contributed by atoms with Gasteiger partial charge in [-0.25, -0.2) is 0 Å². The Morgan fingerprint density at radius 3 is 2.57 bits per heavy atom. The summed E-state index contributed by atoms with van der Waals surface area (Å²) in [4.78, 5) is 4.46. The SMILES string of the molecule is N#Cc1cc(C(F)(F)F)ccc1N1CCC(N2CCNCC2)C1. The average Bonchev–Trinajstić information content (AvgIpc) is 3.04. The lowest BCUT2D eigenvalue weighted by Gasteiger charge is -2.32. The van der Waals surface area contributed by atoms with Gasteiger partial charge in [0.1, 0.15) is 6.07 Å². The summed E-state index contributed by atoms with van der Waals surface area (Å²) in [6.07, 6.45) is -3.44. The van der Waals surface area contributed by atoms with Crippen LogP contribution in [0.1, 0.15) is 17.5 Å². The molecule has 0 aromatic heterocycles. The highest BCUT2D eigenvalue weighted by Crippen LogP contribution is 2.34. The molecular formula is C16H19F3N4. The molecule has 1 atom stereocenters. The van der Waals surface area contributed by atoms with Gasteiger partial charge in [0.2, 0.25) is 0 Å². The minimum Gasteiger partial charge on any atom is -0.369 e. The van der Waals surface area contributed by atoms with Gasteiger partial charge in [-0.15, -0.1) is 0 Å². The minimum absolute atomic E-state index is 0.0979. The standard InChI is InChI=1S/C16H19F3N4/c17-16(18,19)13-1-2-15(12(9-13)10-20)23-6-3-14(11-23)22-7-4-21-5-8-22/h1-2,9,14,21H,3-8,11H2. The van der Waals surface area contributed by atoms with Gasteiger partial charge in [0.15, 0.2) is 0 Å². The highest BCUT2D eigenvalue weighted by Gasteiger charge is 2.33. The second kappa shape index (κ2) is 6.38. The van der Waals surface area contributed by atoms with Gasteiger partial charge in [-0.3, -0.25) is 4.90 Å². The number of nitrogens with one attached hydrogen (secondary N) is 1. The summed E-state index contributed by atoms with van der Waals surface area (Å²) < 4.78 is 38.3. The number of rotatable bonds is 2. The van der Waals surface area contributed by atoms with Crippen molar-refractivity contribution < 1.29 is 13.2 Å². The molecular weight excluding hydrogens is 305 g/mol. The number of nitrogens with zero attached hydrogens (tertiary/aromatic N) is 3. The summed E-state index contributed by atoms with van der Waals surface area (Å²) in [5.41, 5.74) is -0.0606. The molecule has 4 nitrogen and oxygen atoms in total. The van der Waals surface area contributed by atoms with Crippen molar-refractivity contribution in [1.82, 2.24) is 10.2 Å². The summed E-state index contributed by atoms with van der Waals surface area (Å²) >= 11 is 0. The number of hydrogen-bond acceptors (Lipinski definition) is 4. The average molecular weight is 324 g/mol. The zero-order valence-electron chi connectivity index (χ0n) is 12.7. The van der Waals surface area contributed by atoms with Gasteiger partial charge in [-0.1, -0.05) is 0 Å². The van der Waals surface area contributed by atoms with E-state index in [1.54, 1.807) is 0 Å². The summed E-state index contributed by atoms with van der Waals surface area (Å²) in [6, 6.07) is 5.77. The highest BCUT2D eigenvalue weighted by atomic mass is 19.4. The topological polar surface area (TPSA) is 42.3 Å². The molecule has 2 saturated heterocycles. The van der Waals surface area contributed by atoms with Crippen molar-refractivity contribution in [2.24, 2.45) is 0 Å². The van der Waals surface area contributed by atoms with E-state index in [0.717, 1.165) is 57.8 Å². The molecule has 1 unspecified atom stereocenters. The van der Waals surface area contributed by atoms with E-state index in [2.05, 4.69) is 10.2 Å². The molecule has 0 saturated carbocycles. The van der Waals surface area contributed by atoms with Crippen LogP contribution in [0.3, 0.4) is 0 Å². The number of nitriles is 1. The number of hydrogen-bond donors (Lipinski definition) is 1. The van der Waals surface area contributed by atoms with Gasteiger partial charge in [0, 0.05) is 45.3 Å². The molecule has 1 aromatic rings. The Balaban J connectivity index is 1.76. The predicted molar refractivity (Wildman–Crippen MR) is 81.2 cm³/mol. The van der Waals surface area contributed by atoms with Crippen LogP contribution in [-0.4, -0.2) is 50.2 Å². The molecule has 2 fully saturated rings. The number of halogens is 3. The van der Waals surface area contributed by atoms with Crippen molar-refractivity contribution in [1.29, 1.82) is 5.26 Å². The summed E-state index contributed by atoms with van der Waals surface area (Å²) in [5.74, 6) is 0. The maximum atomic E-state index is 12.8. The van der Waals surface area contributed by atoms with Crippen molar-refractivity contribution >= 4 is 5.69 Å². The van der Waals surface area contributed by atoms with Crippen LogP contribution >= 0.6 is 0 Å². The van der Waals surface area contributed by atoms with Crippen molar-refractivity contribution in [2.45, 2.75) is 18.6 Å². The molecule has 124 valence electrons. The van der Waals surface area contributed by atoms with E-state index in [-0.39, 0.29) is 5.56 Å². The van der Waals surface area contributed by atoms with Crippen molar-refractivity contribution in [2.75, 3.05) is 44.2 Å². The van der Waals surface area contributed by atoms with Crippen LogP contribution in [0, 0.1) is 11.3 Å². The molecule has 1 N–H and O–H groups in total. The zero-order valence-corrected chi connectivity index (χ0v) is 12.7. The quantitative estimate of drug-likeness (QED) is 0.904. The third-order valence-corrected chi connectivity index (χ3v) is 4.62. The number of alkyl halides is 3. The van der Waals surface area contributed by atoms with Crippen molar-refractivity contribution in [3.63, 3.8) is 0 Å². The van der Waals surface area contributed by atoms with Crippen LogP contribution in [0.4, 0.5) is 18.9 Å². The van der Waals surface area contributed by atoms with Crippen LogP contribution in [0.25, 0.3) is 0 Å². The lowest BCUT2D eigenvalue weighted by atomic mass is 10.1. The van der Waals surface area contributed by atoms with Gasteiger partial charge >= 0.3 is 6.18 Å². The van der Waals surface area contributed by atoms with E-state index in [4.69, 9.17) is 0 Å². The van der Waals surface area contributed by atoms with E-state index in [1.165, 1.54) is 6.07 Å². The fourth-order valence-corrected chi connectivity index (χ4v) is 3.38. The Morgan fingerprint density at radius 1 is 1.17 bits per heavy atom. The molecule has 7 heteroatoms. The Hall–Kier alpha value is -1.78. The van der Waals surface area contributed by atoms with E-state index >= 15 is 0 Å². The summed E-state index contributed by atoms with van der Waals surface area (Å²) in [5, 5.41) is 12.5. The molecule has 0 bridgehead atoms. The van der Waals surface area contributed by atoms with Gasteiger partial charge in [0.25, 0.3) is 0 Å². The molecule has 23 heavy (non-hydrogen) atoms. The van der Waals surface area contributed by atoms with E-state index in [1.807, 2.05) is 11.0 Å². The third kappa shape index (κ3) is 3.43. The highest BCUT2D eigenvalue weighted by molar-refractivity contribution is 5.61. The Morgan fingerprint density at radius 2 is 1.91 bits per heavy atom. The molecule has 2 heterocycles. The van der Waals surface area contributed by atoms with Crippen LogP contribution in [-0.2, 0) is 6.18 Å². The van der Waals surface area contributed by atoms with Crippen molar-refractivity contribution in [3.05, 3.63) is 29.3 Å². The molecule has 0 radical (unpaired) electrons. The van der Waals surface area contributed by atoms with Crippen molar-refractivity contribution in [3.8, 4) is 6.07 Å². The van der Waals surface area contributed by atoms with Gasteiger partial charge in [-0.05, 0) is 24.6 Å². The summed E-state index contributed by atoms with van der Waals surface area (Å²) in [6.45, 7) is 5.47. The molecule has 2 aliphatic heterocycles. The molecule has 0 spiro atoms. The van der Waals surface area contributed by atoms with E-state index in [9.17, 15) is 18.4 Å². The molecule has 0 amide bonds. The third-order valence-electron chi connectivity index (χ3n) is 4.62. The minimum atomic E-state index is -4.42. The van der Waals surface area contributed by atoms with Gasteiger partial charge < -0.3 is 10.2 Å². The first-order chi connectivity index (χ1) is 11.0. The molecule has 0 aliphatic carbocycles. The molecule has 2 aliphatic rings. The number of benzene rings is 1. The first-order valence-corrected chi connectivity index (χ1v) is 7.80. The first kappa shape index (κ1) is 16.1. The van der Waals surface area contributed by atoms with E-state index in [0.29, 0.717) is 11.7 Å². The normalized spacial score (nSPS) is 23.0. The fourth-order valence-electron chi connectivity index (χ4n) is 3.38. The second-order valence-electron chi connectivity index (χ2n) is 6.02. The Kier molecular flexibility index (Phi) is 4.46. The van der Waals surface area contributed by atoms with E-state index < -0.39 is 11.7 Å². The van der Waals surface area contributed by atoms with Crippen LogP contribution in [0.15, 0.2) is 18.2 Å². The monoisotopic (exact) mass is 324 g/mol. The molecule has 1 aromatic carbocycles.